The molecule has 1 aliphatic carbocycles. The summed E-state index contributed by atoms with van der Waals surface area (Å²) in [6, 6.07) is 3.54. The number of aromatic nitrogens is 1. The van der Waals surface area contributed by atoms with E-state index >= 15 is 0 Å². The number of hydrogen-bond acceptors (Lipinski definition) is 4. The van der Waals surface area contributed by atoms with Crippen molar-refractivity contribution in [1.29, 1.82) is 0 Å². The number of rotatable bonds is 8. The standard InChI is InChI=1S/C16H25N3O2S/c1-2-12-22(20,21)19-15-8-9-16(18-13-15)17-11-10-14-6-4-3-5-7-14/h6,8-9,13,19H,2-5,7,10-12H2,1H3,(H,17,18). The molecule has 0 atom stereocenters. The van der Waals surface area contributed by atoms with Gasteiger partial charge in [-0.3, -0.25) is 4.72 Å². The summed E-state index contributed by atoms with van der Waals surface area (Å²) in [5.41, 5.74) is 2.04. The molecule has 0 radical (unpaired) electrons. The Kier molecular flexibility index (Phi) is 6.24. The Labute approximate surface area is 133 Å². The largest absolute Gasteiger partial charge is 0.370 e. The van der Waals surface area contributed by atoms with Gasteiger partial charge in [-0.2, -0.15) is 0 Å². The van der Waals surface area contributed by atoms with E-state index in [0.717, 1.165) is 18.8 Å². The van der Waals surface area contributed by atoms with Crippen LogP contribution < -0.4 is 10.0 Å². The van der Waals surface area contributed by atoms with Gasteiger partial charge in [0.15, 0.2) is 0 Å². The van der Waals surface area contributed by atoms with E-state index in [1.165, 1.54) is 31.3 Å². The molecule has 0 aliphatic heterocycles. The minimum absolute atomic E-state index is 0.127. The van der Waals surface area contributed by atoms with Crippen LogP contribution in [-0.4, -0.2) is 25.7 Å². The zero-order chi connectivity index (χ0) is 15.8. The molecule has 5 nitrogen and oxygen atoms in total. The van der Waals surface area contributed by atoms with Crippen molar-refractivity contribution >= 4 is 21.5 Å². The average molecular weight is 323 g/mol. The lowest BCUT2D eigenvalue weighted by Crippen LogP contribution is -2.16. The maximum atomic E-state index is 11.7. The first-order valence-corrected chi connectivity index (χ1v) is 9.62. The van der Waals surface area contributed by atoms with Crippen molar-refractivity contribution in [2.75, 3.05) is 22.3 Å². The molecule has 0 aromatic carbocycles. The van der Waals surface area contributed by atoms with Crippen LogP contribution >= 0.6 is 0 Å². The monoisotopic (exact) mass is 323 g/mol. The van der Waals surface area contributed by atoms with E-state index in [4.69, 9.17) is 0 Å². The van der Waals surface area contributed by atoms with Crippen molar-refractivity contribution in [3.63, 3.8) is 0 Å². The molecule has 22 heavy (non-hydrogen) atoms. The molecule has 0 amide bonds. The Morgan fingerprint density at radius 1 is 1.27 bits per heavy atom. The normalized spacial score (nSPS) is 15.2. The van der Waals surface area contributed by atoms with Gasteiger partial charge in [-0.25, -0.2) is 13.4 Å². The summed E-state index contributed by atoms with van der Waals surface area (Å²) in [7, 11) is -3.25. The fourth-order valence-electron chi connectivity index (χ4n) is 2.54. The number of sulfonamides is 1. The van der Waals surface area contributed by atoms with E-state index < -0.39 is 10.0 Å². The fourth-order valence-corrected chi connectivity index (χ4v) is 3.66. The van der Waals surface area contributed by atoms with E-state index in [9.17, 15) is 8.42 Å². The third-order valence-electron chi connectivity index (χ3n) is 3.65. The van der Waals surface area contributed by atoms with Crippen LogP contribution in [0.5, 0.6) is 0 Å². The van der Waals surface area contributed by atoms with Crippen LogP contribution in [0.2, 0.25) is 0 Å². The lowest BCUT2D eigenvalue weighted by molar-refractivity contribution is 0.600. The molecule has 1 aliphatic rings. The van der Waals surface area contributed by atoms with Crippen molar-refractivity contribution in [3.05, 3.63) is 30.0 Å². The smallest absolute Gasteiger partial charge is 0.232 e. The summed E-state index contributed by atoms with van der Waals surface area (Å²) in [6.07, 6.45) is 10.6. The average Bonchev–Trinajstić information content (AvgIpc) is 2.50. The number of hydrogen-bond donors (Lipinski definition) is 2. The topological polar surface area (TPSA) is 71.1 Å². The summed E-state index contributed by atoms with van der Waals surface area (Å²) < 4.78 is 25.9. The highest BCUT2D eigenvalue weighted by Crippen LogP contribution is 2.20. The molecule has 2 N–H and O–H groups in total. The highest BCUT2D eigenvalue weighted by Gasteiger charge is 2.09. The summed E-state index contributed by atoms with van der Waals surface area (Å²) >= 11 is 0. The van der Waals surface area contributed by atoms with Gasteiger partial charge in [-0.1, -0.05) is 18.6 Å². The predicted molar refractivity (Wildman–Crippen MR) is 91.6 cm³/mol. The van der Waals surface area contributed by atoms with E-state index in [-0.39, 0.29) is 5.75 Å². The van der Waals surface area contributed by atoms with Gasteiger partial charge in [0.05, 0.1) is 17.6 Å². The van der Waals surface area contributed by atoms with E-state index in [1.807, 2.05) is 6.92 Å². The van der Waals surface area contributed by atoms with Gasteiger partial charge in [-0.15, -0.1) is 0 Å². The summed E-state index contributed by atoms with van der Waals surface area (Å²) in [4.78, 5) is 4.25. The second kappa shape index (κ2) is 8.17. The third kappa shape index (κ3) is 5.67. The zero-order valence-electron chi connectivity index (χ0n) is 13.1. The number of nitrogens with zero attached hydrogens (tertiary/aromatic N) is 1. The molecule has 0 bridgehead atoms. The number of nitrogens with one attached hydrogen (secondary N) is 2. The Balaban J connectivity index is 1.80. The molecular formula is C16H25N3O2S. The van der Waals surface area contributed by atoms with Gasteiger partial charge in [-0.05, 0) is 50.7 Å². The Bertz CT molecular complexity index is 594. The second-order valence-corrected chi connectivity index (χ2v) is 7.48. The van der Waals surface area contributed by atoms with Crippen LogP contribution in [0.15, 0.2) is 30.0 Å². The predicted octanol–water partition coefficient (Wildman–Crippen LogP) is 3.54. The maximum absolute atomic E-state index is 11.7. The molecule has 122 valence electrons. The van der Waals surface area contributed by atoms with Crippen LogP contribution in [-0.2, 0) is 10.0 Å². The minimum Gasteiger partial charge on any atom is -0.370 e. The van der Waals surface area contributed by atoms with Gasteiger partial charge >= 0.3 is 0 Å². The Morgan fingerprint density at radius 3 is 2.77 bits per heavy atom. The van der Waals surface area contributed by atoms with Gasteiger partial charge in [0.2, 0.25) is 10.0 Å². The van der Waals surface area contributed by atoms with Gasteiger partial charge < -0.3 is 5.32 Å². The molecule has 0 fully saturated rings. The fraction of sp³-hybridized carbons (Fsp3) is 0.562. The van der Waals surface area contributed by atoms with Gasteiger partial charge in [0, 0.05) is 6.54 Å². The van der Waals surface area contributed by atoms with Crippen molar-refractivity contribution in [3.8, 4) is 0 Å². The molecule has 1 aromatic heterocycles. The third-order valence-corrected chi connectivity index (χ3v) is 5.14. The first kappa shape index (κ1) is 16.8. The Morgan fingerprint density at radius 2 is 2.14 bits per heavy atom. The van der Waals surface area contributed by atoms with Crippen LogP contribution in [0.4, 0.5) is 11.5 Å². The van der Waals surface area contributed by atoms with Crippen molar-refractivity contribution < 1.29 is 8.42 Å². The summed E-state index contributed by atoms with van der Waals surface area (Å²) in [5.74, 6) is 0.900. The van der Waals surface area contributed by atoms with Crippen LogP contribution in [0.1, 0.15) is 45.4 Å². The maximum Gasteiger partial charge on any atom is 0.232 e. The summed E-state index contributed by atoms with van der Waals surface area (Å²) in [6.45, 7) is 2.70. The van der Waals surface area contributed by atoms with Crippen molar-refractivity contribution in [2.24, 2.45) is 0 Å². The first-order valence-electron chi connectivity index (χ1n) is 7.97. The first-order chi connectivity index (χ1) is 10.6. The lowest BCUT2D eigenvalue weighted by Gasteiger charge is -2.13. The number of pyridine rings is 1. The summed E-state index contributed by atoms with van der Waals surface area (Å²) in [5, 5.41) is 3.28. The molecule has 0 spiro atoms. The number of anilines is 2. The second-order valence-electron chi connectivity index (χ2n) is 5.64. The van der Waals surface area contributed by atoms with E-state index in [0.29, 0.717) is 12.1 Å². The van der Waals surface area contributed by atoms with E-state index in [2.05, 4.69) is 21.1 Å². The molecule has 2 rings (SSSR count). The minimum atomic E-state index is -3.25. The van der Waals surface area contributed by atoms with Crippen molar-refractivity contribution in [2.45, 2.75) is 45.4 Å². The van der Waals surface area contributed by atoms with Crippen LogP contribution in [0.3, 0.4) is 0 Å². The highest BCUT2D eigenvalue weighted by atomic mass is 32.2. The molecule has 6 heteroatoms. The quantitative estimate of drug-likeness (QED) is 0.718. The van der Waals surface area contributed by atoms with Crippen LogP contribution in [0.25, 0.3) is 0 Å². The SMILES string of the molecule is CCCS(=O)(=O)Nc1ccc(NCCC2=CCCCC2)nc1. The van der Waals surface area contributed by atoms with Crippen molar-refractivity contribution in [1.82, 2.24) is 4.98 Å². The zero-order valence-corrected chi connectivity index (χ0v) is 14.0. The highest BCUT2D eigenvalue weighted by molar-refractivity contribution is 7.92. The van der Waals surface area contributed by atoms with Gasteiger partial charge in [0.25, 0.3) is 0 Å². The molecule has 1 aromatic rings. The van der Waals surface area contributed by atoms with E-state index in [1.54, 1.807) is 18.3 Å². The molecule has 1 heterocycles. The van der Waals surface area contributed by atoms with Crippen LogP contribution in [0, 0.1) is 0 Å². The molecular weight excluding hydrogens is 298 g/mol. The lowest BCUT2D eigenvalue weighted by atomic mass is 9.97. The number of allylic oxidation sites excluding steroid dienone is 1. The Hall–Kier alpha value is -1.56. The molecule has 0 saturated carbocycles. The van der Waals surface area contributed by atoms with Gasteiger partial charge in [0.1, 0.15) is 5.82 Å². The molecule has 0 unspecified atom stereocenters. The molecule has 0 saturated heterocycles.